The number of halogens is 6. The number of hydrogen-bond acceptors (Lipinski definition) is 3. The van der Waals surface area contributed by atoms with Crippen molar-refractivity contribution in [2.45, 2.75) is 19.5 Å². The lowest BCUT2D eigenvalue weighted by Gasteiger charge is -2.15. The Morgan fingerprint density at radius 3 is 2.47 bits per heavy atom. The summed E-state index contributed by atoms with van der Waals surface area (Å²) in [4.78, 5) is 14.5. The molecule has 0 radical (unpaired) electrons. The summed E-state index contributed by atoms with van der Waals surface area (Å²) in [6.45, 7) is 1.12. The molecule has 0 N–H and O–H groups in total. The monoisotopic (exact) mass is 303 g/mol. The second-order valence-electron chi connectivity index (χ2n) is 3.28. The average molecular weight is 304 g/mol. The highest BCUT2D eigenvalue weighted by atomic mass is 35.5. The van der Waals surface area contributed by atoms with Gasteiger partial charge in [-0.25, -0.2) is 18.6 Å². The molecule has 0 unspecified atom stereocenters. The number of aromatic nitrogens is 1. The topological polar surface area (TPSA) is 39.2 Å². The third-order valence-electron chi connectivity index (χ3n) is 2.01. The summed E-state index contributed by atoms with van der Waals surface area (Å²) < 4.78 is 67.9. The lowest BCUT2D eigenvalue weighted by atomic mass is 10.1. The number of nitrogens with zero attached hydrogens (tertiary/aromatic N) is 1. The van der Waals surface area contributed by atoms with Gasteiger partial charge in [-0.15, -0.1) is 0 Å². The number of alkyl halides is 5. The van der Waals surface area contributed by atoms with Crippen LogP contribution in [0, 0.1) is 0 Å². The number of carbonyl (C=O) groups is 1. The Morgan fingerprint density at radius 2 is 2.05 bits per heavy atom. The lowest BCUT2D eigenvalue weighted by molar-refractivity contribution is -0.140. The second-order valence-corrected chi connectivity index (χ2v) is 3.66. The van der Waals surface area contributed by atoms with Crippen molar-refractivity contribution < 1.29 is 31.5 Å². The quantitative estimate of drug-likeness (QED) is 0.483. The Morgan fingerprint density at radius 1 is 1.47 bits per heavy atom. The summed E-state index contributed by atoms with van der Waals surface area (Å²) >= 11 is 5.34. The molecule has 0 spiro atoms. The molecule has 1 aromatic heterocycles. The predicted octanol–water partition coefficient (Wildman–Crippen LogP) is 3.87. The Labute approximate surface area is 109 Å². The highest BCUT2D eigenvalue weighted by Crippen LogP contribution is 2.39. The fourth-order valence-electron chi connectivity index (χ4n) is 1.35. The molecule has 19 heavy (non-hydrogen) atoms. The van der Waals surface area contributed by atoms with Gasteiger partial charge in [-0.3, -0.25) is 0 Å². The van der Waals surface area contributed by atoms with Gasteiger partial charge in [-0.1, -0.05) is 11.6 Å². The van der Waals surface area contributed by atoms with Crippen LogP contribution in [0.2, 0.25) is 5.15 Å². The number of ether oxygens (including phenoxy) is 1. The summed E-state index contributed by atoms with van der Waals surface area (Å²) in [6, 6.07) is 0.373. The lowest BCUT2D eigenvalue weighted by Crippen LogP contribution is -2.20. The van der Waals surface area contributed by atoms with Crippen molar-refractivity contribution in [3.8, 4) is 0 Å². The Kier molecular flexibility index (Phi) is 4.67. The van der Waals surface area contributed by atoms with E-state index < -0.39 is 40.5 Å². The molecular formula is C10H7ClF5NO2. The fraction of sp³-hybridized carbons (Fsp3) is 0.400. The second kappa shape index (κ2) is 5.68. The minimum atomic E-state index is -5.18. The summed E-state index contributed by atoms with van der Waals surface area (Å²) in [5, 5.41) is -0.647. The Bertz CT molecular complexity index is 490. The van der Waals surface area contributed by atoms with E-state index in [1.165, 1.54) is 6.92 Å². The molecule has 0 saturated heterocycles. The minimum absolute atomic E-state index is 0.228. The van der Waals surface area contributed by atoms with Crippen molar-refractivity contribution in [2.24, 2.45) is 0 Å². The molecule has 0 fully saturated rings. The van der Waals surface area contributed by atoms with Gasteiger partial charge in [0.1, 0.15) is 5.15 Å². The van der Waals surface area contributed by atoms with Crippen LogP contribution < -0.4 is 0 Å². The molecule has 0 bridgehead atoms. The highest BCUT2D eigenvalue weighted by Gasteiger charge is 2.41. The molecule has 0 atom stereocenters. The number of pyridine rings is 1. The van der Waals surface area contributed by atoms with Gasteiger partial charge >= 0.3 is 12.1 Å². The van der Waals surface area contributed by atoms with Gasteiger partial charge in [-0.05, 0) is 13.0 Å². The molecule has 0 aliphatic rings. The van der Waals surface area contributed by atoms with Crippen molar-refractivity contribution >= 4 is 17.6 Å². The standard InChI is InChI=1S/C10H7ClF5NO2/c1-2-19-9(18)7-6(10(14,15)16)4(8(12)13)3-5(11)17-7/h3,8H,2H2,1H3. The van der Waals surface area contributed by atoms with E-state index in [9.17, 15) is 26.7 Å². The van der Waals surface area contributed by atoms with Crippen LogP contribution in [0.3, 0.4) is 0 Å². The fourth-order valence-corrected chi connectivity index (χ4v) is 1.55. The van der Waals surface area contributed by atoms with E-state index in [1.807, 2.05) is 0 Å². The van der Waals surface area contributed by atoms with Crippen molar-refractivity contribution in [2.75, 3.05) is 6.61 Å². The summed E-state index contributed by atoms with van der Waals surface area (Å²) in [5.41, 5.74) is -4.50. The molecular weight excluding hydrogens is 297 g/mol. The van der Waals surface area contributed by atoms with Crippen molar-refractivity contribution in [3.05, 3.63) is 28.0 Å². The number of carbonyl (C=O) groups excluding carboxylic acids is 1. The molecule has 0 saturated carbocycles. The maximum Gasteiger partial charge on any atom is 0.419 e. The highest BCUT2D eigenvalue weighted by molar-refractivity contribution is 6.29. The molecule has 0 aliphatic carbocycles. The largest absolute Gasteiger partial charge is 0.461 e. The normalized spacial score (nSPS) is 11.8. The molecule has 1 aromatic rings. The van der Waals surface area contributed by atoms with Gasteiger partial charge in [-0.2, -0.15) is 13.2 Å². The molecule has 1 heterocycles. The maximum atomic E-state index is 12.8. The molecule has 9 heteroatoms. The first-order valence-corrected chi connectivity index (χ1v) is 5.29. The molecule has 0 aromatic carbocycles. The maximum absolute atomic E-state index is 12.8. The van der Waals surface area contributed by atoms with E-state index >= 15 is 0 Å². The zero-order chi connectivity index (χ0) is 14.8. The van der Waals surface area contributed by atoms with Crippen molar-refractivity contribution in [1.82, 2.24) is 4.98 Å². The molecule has 0 amide bonds. The Hall–Kier alpha value is -1.44. The summed E-state index contributed by atoms with van der Waals surface area (Å²) in [7, 11) is 0. The van der Waals surface area contributed by atoms with Crippen LogP contribution in [0.25, 0.3) is 0 Å². The first-order chi connectivity index (χ1) is 8.68. The average Bonchev–Trinajstić information content (AvgIpc) is 2.26. The molecule has 0 aliphatic heterocycles. The van der Waals surface area contributed by atoms with Gasteiger partial charge in [0, 0.05) is 5.56 Å². The van der Waals surface area contributed by atoms with E-state index in [0.717, 1.165) is 0 Å². The van der Waals surface area contributed by atoms with Crippen molar-refractivity contribution in [1.29, 1.82) is 0 Å². The smallest absolute Gasteiger partial charge is 0.419 e. The van der Waals surface area contributed by atoms with E-state index in [4.69, 9.17) is 11.6 Å². The van der Waals surface area contributed by atoms with Crippen LogP contribution in [0.1, 0.15) is 35.0 Å². The zero-order valence-corrected chi connectivity index (χ0v) is 10.1. The van der Waals surface area contributed by atoms with E-state index in [2.05, 4.69) is 9.72 Å². The van der Waals surface area contributed by atoms with Gasteiger partial charge < -0.3 is 4.74 Å². The predicted molar refractivity (Wildman–Crippen MR) is 55.2 cm³/mol. The van der Waals surface area contributed by atoms with Crippen molar-refractivity contribution in [3.63, 3.8) is 0 Å². The van der Waals surface area contributed by atoms with Crippen LogP contribution in [0.15, 0.2) is 6.07 Å². The Balaban J connectivity index is 3.56. The van der Waals surface area contributed by atoms with Gasteiger partial charge in [0.2, 0.25) is 0 Å². The van der Waals surface area contributed by atoms with Crippen LogP contribution >= 0.6 is 11.6 Å². The minimum Gasteiger partial charge on any atom is -0.461 e. The summed E-state index contributed by atoms with van der Waals surface area (Å²) in [6.07, 6.45) is -8.63. The number of rotatable bonds is 3. The first kappa shape index (κ1) is 15.6. The van der Waals surface area contributed by atoms with Gasteiger partial charge in [0.05, 0.1) is 12.2 Å². The third kappa shape index (κ3) is 3.52. The van der Waals surface area contributed by atoms with E-state index in [1.54, 1.807) is 0 Å². The summed E-state index contributed by atoms with van der Waals surface area (Å²) in [5.74, 6) is -1.46. The molecule has 106 valence electrons. The van der Waals surface area contributed by atoms with Crippen LogP contribution in [-0.2, 0) is 10.9 Å². The SMILES string of the molecule is CCOC(=O)c1nc(Cl)cc(C(F)F)c1C(F)(F)F. The molecule has 1 rings (SSSR count). The third-order valence-corrected chi connectivity index (χ3v) is 2.20. The molecule has 3 nitrogen and oxygen atoms in total. The van der Waals surface area contributed by atoms with Gasteiger partial charge in [0.25, 0.3) is 6.43 Å². The van der Waals surface area contributed by atoms with Gasteiger partial charge in [0.15, 0.2) is 5.69 Å². The van der Waals surface area contributed by atoms with Crippen LogP contribution in [0.5, 0.6) is 0 Å². The van der Waals surface area contributed by atoms with E-state index in [0.29, 0.717) is 6.07 Å². The zero-order valence-electron chi connectivity index (χ0n) is 9.39. The number of esters is 1. The van der Waals surface area contributed by atoms with Crippen LogP contribution in [-0.4, -0.2) is 17.6 Å². The first-order valence-electron chi connectivity index (χ1n) is 4.91. The van der Waals surface area contributed by atoms with E-state index in [-0.39, 0.29) is 6.61 Å². The number of hydrogen-bond donors (Lipinski definition) is 0. The van der Waals surface area contributed by atoms with Crippen LogP contribution in [0.4, 0.5) is 22.0 Å².